The molecule has 0 heterocycles. The second-order valence-corrected chi connectivity index (χ2v) is 6.99. The van der Waals surface area contributed by atoms with Crippen LogP contribution in [0.5, 0.6) is 5.75 Å². The average molecular weight is 322 g/mol. The van der Waals surface area contributed by atoms with Gasteiger partial charge in [0, 0.05) is 6.42 Å². The Morgan fingerprint density at radius 2 is 2.09 bits per heavy atom. The smallest absolute Gasteiger partial charge is 0.220 e. The van der Waals surface area contributed by atoms with Gasteiger partial charge in [-0.15, -0.1) is 0 Å². The highest BCUT2D eigenvalue weighted by Gasteiger charge is 2.18. The second-order valence-electron chi connectivity index (χ2n) is 6.99. The van der Waals surface area contributed by atoms with Gasteiger partial charge in [0.1, 0.15) is 5.75 Å². The van der Waals surface area contributed by atoms with E-state index in [1.54, 1.807) is 13.8 Å². The largest absolute Gasteiger partial charge is 0.491 e. The summed E-state index contributed by atoms with van der Waals surface area (Å²) in [6.45, 7) is 8.43. The van der Waals surface area contributed by atoms with Crippen molar-refractivity contribution in [2.45, 2.75) is 52.5 Å². The molecular formula is C18H30N2O3. The maximum atomic E-state index is 11.9. The number of carbonyl (C=O) groups is 1. The third-order valence-corrected chi connectivity index (χ3v) is 3.54. The Hall–Kier alpha value is -1.75. The highest BCUT2D eigenvalue weighted by Crippen LogP contribution is 2.23. The van der Waals surface area contributed by atoms with Gasteiger partial charge in [-0.2, -0.15) is 0 Å². The number of nitrogens with one attached hydrogen (secondary N) is 1. The zero-order chi connectivity index (χ0) is 17.5. The zero-order valence-corrected chi connectivity index (χ0v) is 14.7. The number of anilines is 1. The van der Waals surface area contributed by atoms with Crippen LogP contribution in [0.3, 0.4) is 0 Å². The van der Waals surface area contributed by atoms with Crippen molar-refractivity contribution < 1.29 is 14.6 Å². The number of nitrogens with two attached hydrogens (primary N) is 1. The van der Waals surface area contributed by atoms with Gasteiger partial charge in [-0.3, -0.25) is 4.79 Å². The molecule has 0 atom stereocenters. The first kappa shape index (κ1) is 19.3. The molecule has 0 aromatic heterocycles. The molecule has 0 aliphatic carbocycles. The molecule has 0 bridgehead atoms. The fourth-order valence-electron chi connectivity index (χ4n) is 2.03. The molecule has 0 unspecified atom stereocenters. The van der Waals surface area contributed by atoms with Crippen LogP contribution in [-0.2, 0) is 11.2 Å². The van der Waals surface area contributed by atoms with Gasteiger partial charge < -0.3 is 20.9 Å². The molecule has 1 rings (SSSR count). The summed E-state index contributed by atoms with van der Waals surface area (Å²) in [5, 5.41) is 12.0. The van der Waals surface area contributed by atoms with Crippen LogP contribution in [0.25, 0.3) is 0 Å². The van der Waals surface area contributed by atoms with E-state index in [1.807, 2.05) is 18.2 Å². The predicted octanol–water partition coefficient (Wildman–Crippen LogP) is 2.51. The normalized spacial score (nSPS) is 11.6. The molecule has 0 radical (unpaired) electrons. The first-order valence-electron chi connectivity index (χ1n) is 8.16. The predicted molar refractivity (Wildman–Crippen MR) is 93.4 cm³/mol. The Labute approximate surface area is 139 Å². The lowest BCUT2D eigenvalue weighted by Crippen LogP contribution is -2.46. The van der Waals surface area contributed by atoms with E-state index in [1.165, 1.54) is 0 Å². The third-order valence-electron chi connectivity index (χ3n) is 3.54. The number of carbonyl (C=O) groups excluding carboxylic acids is 1. The molecule has 1 aromatic rings. The third kappa shape index (κ3) is 7.37. The van der Waals surface area contributed by atoms with E-state index < -0.39 is 5.54 Å². The van der Waals surface area contributed by atoms with Crippen molar-refractivity contribution in [3.63, 3.8) is 0 Å². The lowest BCUT2D eigenvalue weighted by Gasteiger charge is -2.23. The van der Waals surface area contributed by atoms with E-state index in [-0.39, 0.29) is 12.5 Å². The number of aliphatic hydroxyl groups excluding tert-OH is 1. The summed E-state index contributed by atoms with van der Waals surface area (Å²) >= 11 is 0. The number of hydrogen-bond donors (Lipinski definition) is 3. The first-order valence-corrected chi connectivity index (χ1v) is 8.16. The second kappa shape index (κ2) is 8.77. The molecule has 0 saturated carbocycles. The molecule has 5 heteroatoms. The Balaban J connectivity index is 2.50. The number of rotatable bonds is 9. The van der Waals surface area contributed by atoms with Crippen LogP contribution >= 0.6 is 0 Å². The van der Waals surface area contributed by atoms with Gasteiger partial charge in [-0.25, -0.2) is 0 Å². The molecule has 4 N–H and O–H groups in total. The summed E-state index contributed by atoms with van der Waals surface area (Å²) in [6.07, 6.45) is 1.95. The van der Waals surface area contributed by atoms with Crippen molar-refractivity contribution in [2.75, 3.05) is 18.9 Å². The number of nitrogen functional groups attached to an aromatic ring is 1. The Kier molecular flexibility index (Phi) is 7.36. The fourth-order valence-corrected chi connectivity index (χ4v) is 2.03. The number of ether oxygens (including phenoxy) is 1. The summed E-state index contributed by atoms with van der Waals surface area (Å²) in [5.41, 5.74) is 7.01. The van der Waals surface area contributed by atoms with E-state index in [0.717, 1.165) is 12.0 Å². The van der Waals surface area contributed by atoms with Gasteiger partial charge in [0.05, 0.1) is 24.4 Å². The van der Waals surface area contributed by atoms with Crippen molar-refractivity contribution >= 4 is 11.6 Å². The van der Waals surface area contributed by atoms with Gasteiger partial charge in [-0.1, -0.05) is 19.9 Å². The summed E-state index contributed by atoms with van der Waals surface area (Å²) in [5.74, 6) is 1.21. The molecule has 5 nitrogen and oxygen atoms in total. The quantitative estimate of drug-likeness (QED) is 0.610. The molecule has 1 amide bonds. The fraction of sp³-hybridized carbons (Fsp3) is 0.611. The van der Waals surface area contributed by atoms with Crippen LogP contribution in [-0.4, -0.2) is 29.8 Å². The lowest BCUT2D eigenvalue weighted by atomic mass is 10.1. The number of amides is 1. The summed E-state index contributed by atoms with van der Waals surface area (Å²) in [4.78, 5) is 11.9. The van der Waals surface area contributed by atoms with Crippen molar-refractivity contribution in [2.24, 2.45) is 5.92 Å². The molecular weight excluding hydrogens is 292 g/mol. The van der Waals surface area contributed by atoms with Crippen LogP contribution in [0.1, 0.15) is 46.1 Å². The van der Waals surface area contributed by atoms with Crippen molar-refractivity contribution in [1.29, 1.82) is 0 Å². The zero-order valence-electron chi connectivity index (χ0n) is 14.7. The topological polar surface area (TPSA) is 84.6 Å². The van der Waals surface area contributed by atoms with Crippen molar-refractivity contribution in [3.05, 3.63) is 23.8 Å². The van der Waals surface area contributed by atoms with E-state index >= 15 is 0 Å². The standard InChI is InChI=1S/C18H30N2O3/c1-13(2)9-10-23-16-7-5-14(11-15(16)19)6-8-17(22)20-18(3,4)12-21/h5,7,11,13,21H,6,8-10,12,19H2,1-4H3,(H,20,22). The summed E-state index contributed by atoms with van der Waals surface area (Å²) < 4.78 is 5.68. The molecule has 0 aliphatic rings. The minimum absolute atomic E-state index is 0.0834. The molecule has 0 saturated heterocycles. The van der Waals surface area contributed by atoms with Gasteiger partial charge >= 0.3 is 0 Å². The highest BCUT2D eigenvalue weighted by atomic mass is 16.5. The number of benzene rings is 1. The van der Waals surface area contributed by atoms with Gasteiger partial charge in [0.2, 0.25) is 5.91 Å². The summed E-state index contributed by atoms with van der Waals surface area (Å²) in [6, 6.07) is 5.65. The molecule has 0 spiro atoms. The van der Waals surface area contributed by atoms with Gasteiger partial charge in [0.15, 0.2) is 0 Å². The van der Waals surface area contributed by atoms with Crippen molar-refractivity contribution in [3.8, 4) is 5.75 Å². The SMILES string of the molecule is CC(C)CCOc1ccc(CCC(=O)NC(C)(C)CO)cc1N. The Morgan fingerprint density at radius 1 is 1.39 bits per heavy atom. The average Bonchev–Trinajstić information content (AvgIpc) is 2.46. The lowest BCUT2D eigenvalue weighted by molar-refractivity contribution is -0.123. The monoisotopic (exact) mass is 322 g/mol. The van der Waals surface area contributed by atoms with E-state index in [2.05, 4.69) is 19.2 Å². The molecule has 23 heavy (non-hydrogen) atoms. The van der Waals surface area contributed by atoms with E-state index in [9.17, 15) is 4.79 Å². The Bertz CT molecular complexity index is 513. The molecule has 1 aromatic carbocycles. The van der Waals surface area contributed by atoms with Crippen LogP contribution in [0.2, 0.25) is 0 Å². The maximum absolute atomic E-state index is 11.9. The number of hydrogen-bond acceptors (Lipinski definition) is 4. The minimum Gasteiger partial charge on any atom is -0.491 e. The van der Waals surface area contributed by atoms with Gasteiger partial charge in [0.25, 0.3) is 0 Å². The minimum atomic E-state index is -0.593. The van der Waals surface area contributed by atoms with E-state index in [0.29, 0.717) is 36.8 Å². The number of aryl methyl sites for hydroxylation is 1. The molecule has 0 fully saturated rings. The maximum Gasteiger partial charge on any atom is 0.220 e. The van der Waals surface area contributed by atoms with Crippen LogP contribution in [0, 0.1) is 5.92 Å². The van der Waals surface area contributed by atoms with Crippen molar-refractivity contribution in [1.82, 2.24) is 5.32 Å². The molecule has 0 aliphatic heterocycles. The molecule has 130 valence electrons. The van der Waals surface area contributed by atoms with Crippen LogP contribution in [0.4, 0.5) is 5.69 Å². The first-order chi connectivity index (χ1) is 10.7. The number of aliphatic hydroxyl groups is 1. The summed E-state index contributed by atoms with van der Waals surface area (Å²) in [7, 11) is 0. The van der Waals surface area contributed by atoms with E-state index in [4.69, 9.17) is 15.6 Å². The highest BCUT2D eigenvalue weighted by molar-refractivity contribution is 5.77. The van der Waals surface area contributed by atoms with Crippen LogP contribution in [0.15, 0.2) is 18.2 Å². The Morgan fingerprint density at radius 3 is 2.65 bits per heavy atom. The van der Waals surface area contributed by atoms with Crippen LogP contribution < -0.4 is 15.8 Å². The van der Waals surface area contributed by atoms with Gasteiger partial charge in [-0.05, 0) is 50.3 Å².